The molecule has 1 amide bonds. The first-order valence-electron chi connectivity index (χ1n) is 7.20. The lowest BCUT2D eigenvalue weighted by molar-refractivity contribution is -0.138. The fourth-order valence-corrected chi connectivity index (χ4v) is 2.81. The Hall–Kier alpha value is -3.00. The van der Waals surface area contributed by atoms with E-state index in [2.05, 4.69) is 15.3 Å². The van der Waals surface area contributed by atoms with Crippen molar-refractivity contribution in [3.63, 3.8) is 0 Å². The van der Waals surface area contributed by atoms with Crippen LogP contribution in [-0.2, 0) is 9.59 Å². The van der Waals surface area contributed by atoms with Gasteiger partial charge in [0.15, 0.2) is 10.8 Å². The maximum Gasteiger partial charge on any atom is 0.303 e. The molecule has 0 aliphatic carbocycles. The second-order valence-electron chi connectivity index (χ2n) is 4.92. The molecule has 0 aliphatic heterocycles. The Balaban J connectivity index is 1.95. The topological polar surface area (TPSA) is 97.1 Å². The molecule has 2 N–H and O–H groups in total. The highest BCUT2D eigenvalue weighted by Crippen LogP contribution is 2.28. The molecule has 2 heterocycles. The van der Waals surface area contributed by atoms with Gasteiger partial charge in [0.05, 0.1) is 12.6 Å². The van der Waals surface area contributed by atoms with Gasteiger partial charge >= 0.3 is 5.97 Å². The summed E-state index contributed by atoms with van der Waals surface area (Å²) in [7, 11) is 0. The Labute approximate surface area is 141 Å². The molecule has 0 fully saturated rings. The molecule has 7 nitrogen and oxygen atoms in total. The molecule has 3 rings (SSSR count). The van der Waals surface area contributed by atoms with Crippen LogP contribution >= 0.6 is 11.3 Å². The Morgan fingerprint density at radius 2 is 1.96 bits per heavy atom. The Kier molecular flexibility index (Phi) is 4.66. The Morgan fingerprint density at radius 3 is 2.62 bits per heavy atom. The van der Waals surface area contributed by atoms with Crippen molar-refractivity contribution in [3.8, 4) is 16.5 Å². The number of imidazole rings is 1. The van der Waals surface area contributed by atoms with Gasteiger partial charge in [0.1, 0.15) is 5.82 Å². The second-order valence-corrected chi connectivity index (χ2v) is 5.81. The number of aromatic nitrogens is 3. The minimum absolute atomic E-state index is 0.0953. The summed E-state index contributed by atoms with van der Waals surface area (Å²) in [6.07, 6.45) is 2.92. The van der Waals surface area contributed by atoms with Crippen molar-refractivity contribution in [1.29, 1.82) is 0 Å². The Bertz CT molecular complexity index is 844. The number of hydrogen-bond acceptors (Lipinski definition) is 5. The van der Waals surface area contributed by atoms with Gasteiger partial charge < -0.3 is 10.4 Å². The summed E-state index contributed by atoms with van der Waals surface area (Å²) in [6.45, 7) is 0. The molecule has 0 saturated heterocycles. The summed E-state index contributed by atoms with van der Waals surface area (Å²) in [5, 5.41) is 14.0. The highest BCUT2D eigenvalue weighted by atomic mass is 32.1. The number of aliphatic carboxylic acids is 1. The molecule has 3 aromatic rings. The van der Waals surface area contributed by atoms with Gasteiger partial charge in [0.2, 0.25) is 5.91 Å². The van der Waals surface area contributed by atoms with Gasteiger partial charge in [-0.25, -0.2) is 9.97 Å². The van der Waals surface area contributed by atoms with E-state index >= 15 is 0 Å². The molecular weight excluding hydrogens is 328 g/mol. The van der Waals surface area contributed by atoms with Crippen LogP contribution in [0.2, 0.25) is 0 Å². The van der Waals surface area contributed by atoms with Crippen molar-refractivity contribution in [3.05, 3.63) is 48.1 Å². The molecule has 8 heteroatoms. The number of hydrogen-bond donors (Lipinski definition) is 2. The lowest BCUT2D eigenvalue weighted by atomic mass is 10.3. The van der Waals surface area contributed by atoms with E-state index in [1.54, 1.807) is 17.0 Å². The van der Waals surface area contributed by atoms with Gasteiger partial charge in [-0.1, -0.05) is 18.2 Å². The number of thiazole rings is 1. The third kappa shape index (κ3) is 3.49. The standard InChI is InChI=1S/C16H14N4O3S/c21-13(6-7-14(22)23)19-12-10-18-15(16-17-8-9-24-16)20(12)11-4-2-1-3-5-11/h1-5,8-10H,6-7H2,(H,19,21)(H,22,23). The Morgan fingerprint density at radius 1 is 1.17 bits per heavy atom. The van der Waals surface area contributed by atoms with Crippen LogP contribution in [0.4, 0.5) is 5.82 Å². The van der Waals surface area contributed by atoms with Crippen LogP contribution in [0.25, 0.3) is 16.5 Å². The summed E-state index contributed by atoms with van der Waals surface area (Å²) >= 11 is 1.45. The van der Waals surface area contributed by atoms with Crippen LogP contribution in [0.3, 0.4) is 0 Å². The largest absolute Gasteiger partial charge is 0.481 e. The number of rotatable bonds is 6. The van der Waals surface area contributed by atoms with E-state index in [1.807, 2.05) is 35.7 Å². The van der Waals surface area contributed by atoms with E-state index in [9.17, 15) is 9.59 Å². The average Bonchev–Trinajstić information content (AvgIpc) is 3.23. The van der Waals surface area contributed by atoms with Gasteiger partial charge in [0.25, 0.3) is 0 Å². The summed E-state index contributed by atoms with van der Waals surface area (Å²) in [6, 6.07) is 9.46. The summed E-state index contributed by atoms with van der Waals surface area (Å²) < 4.78 is 1.79. The normalized spacial score (nSPS) is 10.5. The second kappa shape index (κ2) is 7.05. The summed E-state index contributed by atoms with van der Waals surface area (Å²) in [4.78, 5) is 31.2. The molecule has 0 unspecified atom stereocenters. The quantitative estimate of drug-likeness (QED) is 0.718. The van der Waals surface area contributed by atoms with Gasteiger partial charge in [-0.15, -0.1) is 11.3 Å². The zero-order valence-corrected chi connectivity index (χ0v) is 13.4. The number of carboxylic acid groups (broad SMARTS) is 1. The third-order valence-electron chi connectivity index (χ3n) is 3.23. The zero-order chi connectivity index (χ0) is 16.9. The number of amides is 1. The van der Waals surface area contributed by atoms with E-state index in [0.29, 0.717) is 11.6 Å². The van der Waals surface area contributed by atoms with Crippen molar-refractivity contribution in [2.45, 2.75) is 12.8 Å². The van der Waals surface area contributed by atoms with E-state index in [-0.39, 0.29) is 18.7 Å². The molecule has 0 saturated carbocycles. The van der Waals surface area contributed by atoms with E-state index < -0.39 is 5.97 Å². The van der Waals surface area contributed by atoms with Gasteiger partial charge in [0, 0.05) is 23.7 Å². The molecule has 0 radical (unpaired) electrons. The molecule has 0 spiro atoms. The highest BCUT2D eigenvalue weighted by molar-refractivity contribution is 7.13. The molecule has 24 heavy (non-hydrogen) atoms. The first kappa shape index (κ1) is 15.9. The van der Waals surface area contributed by atoms with Crippen LogP contribution in [0.1, 0.15) is 12.8 Å². The number of carbonyl (C=O) groups excluding carboxylic acids is 1. The van der Waals surface area contributed by atoms with Crippen molar-refractivity contribution < 1.29 is 14.7 Å². The number of carbonyl (C=O) groups is 2. The minimum atomic E-state index is -1.01. The fraction of sp³-hybridized carbons (Fsp3) is 0.125. The van der Waals surface area contributed by atoms with Gasteiger partial charge in [-0.05, 0) is 12.1 Å². The van der Waals surface area contributed by atoms with Crippen LogP contribution in [0.15, 0.2) is 48.1 Å². The van der Waals surface area contributed by atoms with E-state index in [4.69, 9.17) is 5.11 Å². The predicted molar refractivity (Wildman–Crippen MR) is 90.2 cm³/mol. The molecule has 2 aromatic heterocycles. The van der Waals surface area contributed by atoms with Crippen LogP contribution in [-0.4, -0.2) is 31.5 Å². The molecular formula is C16H14N4O3S. The average molecular weight is 342 g/mol. The van der Waals surface area contributed by atoms with E-state index in [0.717, 1.165) is 10.7 Å². The number of carboxylic acids is 1. The number of benzene rings is 1. The first-order chi connectivity index (χ1) is 11.6. The SMILES string of the molecule is O=C(O)CCC(=O)Nc1cnc(-c2nccs2)n1-c1ccccc1. The zero-order valence-electron chi connectivity index (χ0n) is 12.5. The van der Waals surface area contributed by atoms with Crippen molar-refractivity contribution in [1.82, 2.24) is 14.5 Å². The monoisotopic (exact) mass is 342 g/mol. The third-order valence-corrected chi connectivity index (χ3v) is 4.00. The van der Waals surface area contributed by atoms with E-state index in [1.165, 1.54) is 11.3 Å². The van der Waals surface area contributed by atoms with Crippen LogP contribution < -0.4 is 5.32 Å². The van der Waals surface area contributed by atoms with Gasteiger partial charge in [-0.3, -0.25) is 14.2 Å². The number of anilines is 1. The molecule has 0 aliphatic rings. The predicted octanol–water partition coefficient (Wildman–Crippen LogP) is 2.80. The number of nitrogens with one attached hydrogen (secondary N) is 1. The van der Waals surface area contributed by atoms with Crippen LogP contribution in [0, 0.1) is 0 Å². The minimum Gasteiger partial charge on any atom is -0.481 e. The first-order valence-corrected chi connectivity index (χ1v) is 8.08. The number of para-hydroxylation sites is 1. The lowest BCUT2D eigenvalue weighted by Gasteiger charge is -2.11. The van der Waals surface area contributed by atoms with Crippen molar-refractivity contribution >= 4 is 29.0 Å². The van der Waals surface area contributed by atoms with Crippen molar-refractivity contribution in [2.24, 2.45) is 0 Å². The maximum atomic E-state index is 12.0. The fourth-order valence-electron chi connectivity index (χ4n) is 2.19. The highest BCUT2D eigenvalue weighted by Gasteiger charge is 2.17. The number of nitrogens with zero attached hydrogens (tertiary/aromatic N) is 3. The maximum absolute atomic E-state index is 12.0. The molecule has 0 atom stereocenters. The smallest absolute Gasteiger partial charge is 0.303 e. The summed E-state index contributed by atoms with van der Waals surface area (Å²) in [5.41, 5.74) is 0.828. The lowest BCUT2D eigenvalue weighted by Crippen LogP contribution is -2.15. The van der Waals surface area contributed by atoms with Gasteiger partial charge in [-0.2, -0.15) is 0 Å². The van der Waals surface area contributed by atoms with Crippen molar-refractivity contribution in [2.75, 3.05) is 5.32 Å². The van der Waals surface area contributed by atoms with Crippen LogP contribution in [0.5, 0.6) is 0 Å². The molecule has 0 bridgehead atoms. The molecule has 122 valence electrons. The molecule has 1 aromatic carbocycles. The summed E-state index contributed by atoms with van der Waals surface area (Å²) in [5.74, 6) is -0.295.